The van der Waals surface area contributed by atoms with Gasteiger partial charge in [0.2, 0.25) is 5.95 Å². The summed E-state index contributed by atoms with van der Waals surface area (Å²) >= 11 is 3.32. The van der Waals surface area contributed by atoms with Crippen molar-refractivity contribution in [3.8, 4) is 17.1 Å². The van der Waals surface area contributed by atoms with Gasteiger partial charge in [0.1, 0.15) is 5.75 Å². The third kappa shape index (κ3) is 2.64. The number of hydrogen-bond acceptors (Lipinski definition) is 5. The normalized spacial score (nSPS) is 16.6. The fourth-order valence-electron chi connectivity index (χ4n) is 2.32. The van der Waals surface area contributed by atoms with Gasteiger partial charge in [-0.05, 0) is 31.0 Å². The van der Waals surface area contributed by atoms with Crippen LogP contribution in [-0.2, 0) is 0 Å². The second-order valence-corrected chi connectivity index (χ2v) is 5.89. The summed E-state index contributed by atoms with van der Waals surface area (Å²) in [4.78, 5) is 6.57. The molecule has 3 rings (SSSR count). The smallest absolute Gasteiger partial charge is 0.245 e. The Bertz CT molecular complexity index is 607. The molecule has 1 fully saturated rings. The van der Waals surface area contributed by atoms with Crippen LogP contribution in [0, 0.1) is 0 Å². The van der Waals surface area contributed by atoms with E-state index in [2.05, 4.69) is 36.0 Å². The number of nitrogens with two attached hydrogens (primary N) is 1. The number of piperidine rings is 1. The molecule has 0 radical (unpaired) electrons. The van der Waals surface area contributed by atoms with Crippen molar-refractivity contribution in [3.63, 3.8) is 0 Å². The Morgan fingerprint density at radius 1 is 1.35 bits per heavy atom. The van der Waals surface area contributed by atoms with Crippen LogP contribution in [0.3, 0.4) is 0 Å². The monoisotopic (exact) mass is 337 g/mol. The topological polar surface area (TPSA) is 91.1 Å². The van der Waals surface area contributed by atoms with Crippen molar-refractivity contribution in [1.29, 1.82) is 0 Å². The first-order chi connectivity index (χ1) is 9.63. The molecule has 1 aromatic heterocycles. The van der Waals surface area contributed by atoms with Gasteiger partial charge in [0.25, 0.3) is 0 Å². The number of halogens is 1. The fraction of sp³-hybridized carbons (Fsp3) is 0.385. The molecule has 20 heavy (non-hydrogen) atoms. The Balaban J connectivity index is 1.83. The number of rotatable bonds is 2. The first-order valence-corrected chi connectivity index (χ1v) is 7.34. The summed E-state index contributed by atoms with van der Waals surface area (Å²) in [5.74, 6) is 1.40. The molecule has 2 aromatic rings. The predicted octanol–water partition coefficient (Wildman–Crippen LogP) is 1.87. The average Bonchev–Trinajstić information content (AvgIpc) is 2.89. The number of benzene rings is 1. The zero-order chi connectivity index (χ0) is 14.1. The van der Waals surface area contributed by atoms with E-state index in [-0.39, 0.29) is 11.8 Å². The second kappa shape index (κ2) is 5.41. The Kier molecular flexibility index (Phi) is 3.62. The van der Waals surface area contributed by atoms with Crippen LogP contribution in [0.4, 0.5) is 5.95 Å². The number of nitrogens with zero attached hydrogens (tertiary/aromatic N) is 3. The molecular formula is C13H16BrN5O. The molecule has 1 aliphatic rings. The highest BCUT2D eigenvalue weighted by atomic mass is 79.9. The SMILES string of the molecule is NC1CCN(c2n[nH]c(-c3ccc(Br)cc3O)n2)CC1. The highest BCUT2D eigenvalue weighted by Gasteiger charge is 2.20. The van der Waals surface area contributed by atoms with Crippen molar-refractivity contribution in [1.82, 2.24) is 15.2 Å². The van der Waals surface area contributed by atoms with Crippen LogP contribution in [0.2, 0.25) is 0 Å². The van der Waals surface area contributed by atoms with Gasteiger partial charge in [-0.15, -0.1) is 5.10 Å². The zero-order valence-corrected chi connectivity index (χ0v) is 12.5. The van der Waals surface area contributed by atoms with E-state index in [0.29, 0.717) is 17.3 Å². The van der Waals surface area contributed by atoms with E-state index in [1.54, 1.807) is 12.1 Å². The number of phenolic OH excluding ortho intramolecular Hbond substituents is 1. The molecule has 0 bridgehead atoms. The maximum Gasteiger partial charge on any atom is 0.245 e. The van der Waals surface area contributed by atoms with Crippen molar-refractivity contribution in [2.45, 2.75) is 18.9 Å². The maximum atomic E-state index is 9.95. The van der Waals surface area contributed by atoms with Gasteiger partial charge in [-0.2, -0.15) is 4.98 Å². The van der Waals surface area contributed by atoms with Crippen LogP contribution in [0.25, 0.3) is 11.4 Å². The molecular weight excluding hydrogens is 322 g/mol. The minimum Gasteiger partial charge on any atom is -0.507 e. The quantitative estimate of drug-likeness (QED) is 0.778. The number of anilines is 1. The van der Waals surface area contributed by atoms with E-state index in [1.165, 1.54) is 0 Å². The van der Waals surface area contributed by atoms with Gasteiger partial charge in [-0.3, -0.25) is 5.10 Å². The zero-order valence-electron chi connectivity index (χ0n) is 10.9. The molecule has 1 aromatic carbocycles. The Morgan fingerprint density at radius 2 is 2.10 bits per heavy atom. The molecule has 1 aliphatic heterocycles. The molecule has 4 N–H and O–H groups in total. The lowest BCUT2D eigenvalue weighted by Gasteiger charge is -2.28. The minimum atomic E-state index is 0.169. The summed E-state index contributed by atoms with van der Waals surface area (Å²) in [5, 5.41) is 17.1. The Labute approximate surface area is 125 Å². The van der Waals surface area contributed by atoms with Crippen LogP contribution >= 0.6 is 15.9 Å². The molecule has 2 heterocycles. The number of nitrogens with one attached hydrogen (secondary N) is 1. The van der Waals surface area contributed by atoms with Gasteiger partial charge in [-0.1, -0.05) is 15.9 Å². The lowest BCUT2D eigenvalue weighted by Crippen LogP contribution is -2.40. The Morgan fingerprint density at radius 3 is 2.80 bits per heavy atom. The van der Waals surface area contributed by atoms with Gasteiger partial charge in [0, 0.05) is 23.6 Å². The van der Waals surface area contributed by atoms with Crippen molar-refractivity contribution >= 4 is 21.9 Å². The molecule has 0 amide bonds. The van der Waals surface area contributed by atoms with E-state index < -0.39 is 0 Å². The largest absolute Gasteiger partial charge is 0.507 e. The summed E-state index contributed by atoms with van der Waals surface area (Å²) in [7, 11) is 0. The van der Waals surface area contributed by atoms with Crippen molar-refractivity contribution in [2.24, 2.45) is 5.73 Å². The standard InChI is InChI=1S/C13H16BrN5O/c14-8-1-2-10(11(20)7-8)12-16-13(18-17-12)19-5-3-9(15)4-6-19/h1-2,7,9,20H,3-6,15H2,(H,16,17,18). The molecule has 106 valence electrons. The summed E-state index contributed by atoms with van der Waals surface area (Å²) in [6.45, 7) is 1.73. The van der Waals surface area contributed by atoms with Crippen molar-refractivity contribution < 1.29 is 5.11 Å². The Hall–Kier alpha value is -1.60. The van der Waals surface area contributed by atoms with Crippen LogP contribution < -0.4 is 10.6 Å². The van der Waals surface area contributed by atoms with E-state index in [9.17, 15) is 5.11 Å². The first-order valence-electron chi connectivity index (χ1n) is 6.55. The summed E-state index contributed by atoms with van der Waals surface area (Å²) in [6, 6.07) is 5.57. The van der Waals surface area contributed by atoms with E-state index in [0.717, 1.165) is 30.4 Å². The van der Waals surface area contributed by atoms with Crippen LogP contribution in [0.5, 0.6) is 5.75 Å². The first kappa shape index (κ1) is 13.4. The fourth-order valence-corrected chi connectivity index (χ4v) is 2.67. The lowest BCUT2D eigenvalue weighted by atomic mass is 10.1. The number of aromatic nitrogens is 3. The summed E-state index contributed by atoms with van der Waals surface area (Å²) in [5.41, 5.74) is 6.53. The predicted molar refractivity (Wildman–Crippen MR) is 80.6 cm³/mol. The van der Waals surface area contributed by atoms with E-state index >= 15 is 0 Å². The van der Waals surface area contributed by atoms with Gasteiger partial charge in [-0.25, -0.2) is 0 Å². The van der Waals surface area contributed by atoms with Gasteiger partial charge in [0.15, 0.2) is 5.82 Å². The van der Waals surface area contributed by atoms with E-state index in [1.807, 2.05) is 6.07 Å². The third-order valence-electron chi connectivity index (χ3n) is 3.51. The second-order valence-electron chi connectivity index (χ2n) is 4.97. The molecule has 6 nitrogen and oxygen atoms in total. The minimum absolute atomic E-state index is 0.169. The molecule has 0 atom stereocenters. The van der Waals surface area contributed by atoms with Crippen LogP contribution in [0.1, 0.15) is 12.8 Å². The highest BCUT2D eigenvalue weighted by Crippen LogP contribution is 2.30. The summed E-state index contributed by atoms with van der Waals surface area (Å²) < 4.78 is 0.823. The van der Waals surface area contributed by atoms with Crippen molar-refractivity contribution in [2.75, 3.05) is 18.0 Å². The molecule has 0 saturated carbocycles. The molecule has 1 saturated heterocycles. The van der Waals surface area contributed by atoms with Crippen LogP contribution in [-0.4, -0.2) is 39.4 Å². The molecule has 7 heteroatoms. The molecule has 0 spiro atoms. The molecule has 0 aliphatic carbocycles. The number of phenols is 1. The molecule has 0 unspecified atom stereocenters. The number of aromatic amines is 1. The van der Waals surface area contributed by atoms with Crippen LogP contribution in [0.15, 0.2) is 22.7 Å². The third-order valence-corrected chi connectivity index (χ3v) is 4.00. The van der Waals surface area contributed by atoms with Gasteiger partial charge >= 0.3 is 0 Å². The average molecular weight is 338 g/mol. The highest BCUT2D eigenvalue weighted by molar-refractivity contribution is 9.10. The maximum absolute atomic E-state index is 9.95. The van der Waals surface area contributed by atoms with E-state index in [4.69, 9.17) is 5.73 Å². The number of hydrogen-bond donors (Lipinski definition) is 3. The number of H-pyrrole nitrogens is 1. The summed E-state index contributed by atoms with van der Waals surface area (Å²) in [6.07, 6.45) is 1.90. The number of aromatic hydroxyl groups is 1. The van der Waals surface area contributed by atoms with Gasteiger partial charge < -0.3 is 15.7 Å². The lowest BCUT2D eigenvalue weighted by molar-refractivity contribution is 0.476. The van der Waals surface area contributed by atoms with Gasteiger partial charge in [0.05, 0.1) is 5.56 Å². The van der Waals surface area contributed by atoms with Crippen molar-refractivity contribution in [3.05, 3.63) is 22.7 Å².